The molecule has 5 rings (SSSR count). The fourth-order valence-corrected chi connectivity index (χ4v) is 5.65. The van der Waals surface area contributed by atoms with Crippen LogP contribution in [0.1, 0.15) is 43.5 Å². The van der Waals surface area contributed by atoms with Crippen LogP contribution in [-0.2, 0) is 20.6 Å². The predicted octanol–water partition coefficient (Wildman–Crippen LogP) is 5.49. The van der Waals surface area contributed by atoms with Gasteiger partial charge in [0.25, 0.3) is 0 Å². The lowest BCUT2D eigenvalue weighted by Crippen LogP contribution is -2.47. The summed E-state index contributed by atoms with van der Waals surface area (Å²) in [6.45, 7) is 5.23. The molecule has 182 valence electrons. The zero-order valence-electron chi connectivity index (χ0n) is 19.1. The van der Waals surface area contributed by atoms with Crippen LogP contribution >= 0.6 is 11.6 Å². The van der Waals surface area contributed by atoms with Crippen molar-refractivity contribution in [3.63, 3.8) is 0 Å². The Morgan fingerprint density at radius 3 is 2.29 bits per heavy atom. The molecule has 2 amide bonds. The van der Waals surface area contributed by atoms with Crippen LogP contribution < -0.4 is 4.90 Å². The lowest BCUT2D eigenvalue weighted by molar-refractivity contribution is -0.137. The highest BCUT2D eigenvalue weighted by Crippen LogP contribution is 2.54. The van der Waals surface area contributed by atoms with Gasteiger partial charge in [0, 0.05) is 11.6 Å². The number of fused-ring (bicyclic) bond motifs is 5. The summed E-state index contributed by atoms with van der Waals surface area (Å²) in [7, 11) is 0. The van der Waals surface area contributed by atoms with Crippen LogP contribution in [0.5, 0.6) is 0 Å². The summed E-state index contributed by atoms with van der Waals surface area (Å²) in [6.07, 6.45) is -1.17. The number of anilines is 1. The number of benzene rings is 2. The maximum atomic E-state index is 13.8. The molecule has 0 bridgehead atoms. The Hall–Kier alpha value is -3.13. The average molecular weight is 503 g/mol. The first-order chi connectivity index (χ1) is 16.3. The fourth-order valence-electron chi connectivity index (χ4n) is 5.42. The highest BCUT2D eigenvalue weighted by molar-refractivity contribution is 6.32. The van der Waals surface area contributed by atoms with E-state index in [1.54, 1.807) is 31.9 Å². The maximum absolute atomic E-state index is 13.8. The Morgan fingerprint density at radius 1 is 0.971 bits per heavy atom. The van der Waals surface area contributed by atoms with Crippen LogP contribution in [0.15, 0.2) is 48.7 Å². The van der Waals surface area contributed by atoms with E-state index < -0.39 is 57.9 Å². The topological polar surface area (TPSA) is 57.7 Å². The van der Waals surface area contributed by atoms with Crippen LogP contribution in [0.25, 0.3) is 6.08 Å². The van der Waals surface area contributed by atoms with Gasteiger partial charge in [-0.3, -0.25) is 14.4 Å². The molecule has 3 aliphatic rings. The molecule has 1 unspecified atom stereocenters. The number of carbonyl (C=O) groups is 3. The quantitative estimate of drug-likeness (QED) is 0.510. The van der Waals surface area contributed by atoms with E-state index in [1.807, 2.05) is 30.3 Å². The van der Waals surface area contributed by atoms with Crippen molar-refractivity contribution in [3.8, 4) is 0 Å². The Kier molecular flexibility index (Phi) is 5.18. The van der Waals surface area contributed by atoms with Crippen molar-refractivity contribution in [1.29, 1.82) is 0 Å². The summed E-state index contributed by atoms with van der Waals surface area (Å²) in [6, 6.07) is 8.85. The second-order valence-corrected chi connectivity index (χ2v) is 10.5. The van der Waals surface area contributed by atoms with E-state index in [-0.39, 0.29) is 11.5 Å². The van der Waals surface area contributed by atoms with Crippen molar-refractivity contribution in [1.82, 2.24) is 4.90 Å². The zero-order chi connectivity index (χ0) is 25.4. The van der Waals surface area contributed by atoms with Crippen molar-refractivity contribution in [2.75, 3.05) is 4.90 Å². The number of hydrogen-bond donors (Lipinski definition) is 0. The summed E-state index contributed by atoms with van der Waals surface area (Å²) in [5.74, 6) is -3.47. The van der Waals surface area contributed by atoms with Gasteiger partial charge in [0.1, 0.15) is 6.04 Å². The first kappa shape index (κ1) is 23.6. The average Bonchev–Trinajstić information content (AvgIpc) is 3.25. The van der Waals surface area contributed by atoms with Gasteiger partial charge in [0.2, 0.25) is 11.8 Å². The molecule has 9 heteroatoms. The largest absolute Gasteiger partial charge is 0.417 e. The smallest absolute Gasteiger partial charge is 0.359 e. The molecule has 2 fully saturated rings. The van der Waals surface area contributed by atoms with E-state index in [0.717, 1.165) is 22.1 Å². The monoisotopic (exact) mass is 502 g/mol. The molecule has 5 nitrogen and oxygen atoms in total. The van der Waals surface area contributed by atoms with E-state index in [1.165, 1.54) is 6.07 Å². The number of imide groups is 1. The van der Waals surface area contributed by atoms with E-state index in [4.69, 9.17) is 11.6 Å². The van der Waals surface area contributed by atoms with Crippen molar-refractivity contribution in [3.05, 3.63) is 70.4 Å². The molecular weight excluding hydrogens is 481 g/mol. The summed E-state index contributed by atoms with van der Waals surface area (Å²) in [5, 5.41) is -0.529. The number of rotatable bonds is 2. The minimum atomic E-state index is -4.76. The summed E-state index contributed by atoms with van der Waals surface area (Å²) < 4.78 is 40.5. The van der Waals surface area contributed by atoms with Crippen molar-refractivity contribution in [2.24, 2.45) is 17.3 Å². The number of halogens is 4. The molecule has 0 saturated carbocycles. The standard InChI is InChI=1S/C26H22ClF3N2O3/c1-25(2,3)22(33)21-19-18(20-15-7-5-4-6-13(15)10-11-31(20)21)23(34)32(24(19)35)14-8-9-17(27)16(12-14)26(28,29)30/h4-12,18-21H,1-3H3/t18-,19+,20?,21-/m0/s1. The van der Waals surface area contributed by atoms with Gasteiger partial charge in [-0.1, -0.05) is 56.6 Å². The number of nitrogens with zero attached hydrogens (tertiary/aromatic N) is 2. The number of ketones is 1. The maximum Gasteiger partial charge on any atom is 0.417 e. The first-order valence-electron chi connectivity index (χ1n) is 11.2. The van der Waals surface area contributed by atoms with Crippen LogP contribution in [0.2, 0.25) is 5.02 Å². The van der Waals surface area contributed by atoms with Gasteiger partial charge < -0.3 is 4.90 Å². The Morgan fingerprint density at radius 2 is 1.63 bits per heavy atom. The third-order valence-electron chi connectivity index (χ3n) is 6.98. The predicted molar refractivity (Wildman–Crippen MR) is 124 cm³/mol. The van der Waals surface area contributed by atoms with Crippen molar-refractivity contribution in [2.45, 2.75) is 39.0 Å². The van der Waals surface area contributed by atoms with Crippen molar-refractivity contribution < 1.29 is 27.6 Å². The Labute approximate surface area is 205 Å². The van der Waals surface area contributed by atoms with Crippen LogP contribution in [0.4, 0.5) is 18.9 Å². The van der Waals surface area contributed by atoms with E-state index >= 15 is 0 Å². The lowest BCUT2D eigenvalue weighted by Gasteiger charge is -2.37. The first-order valence-corrected chi connectivity index (χ1v) is 11.5. The Bertz CT molecular complexity index is 1300. The minimum absolute atomic E-state index is 0.209. The van der Waals surface area contributed by atoms with Gasteiger partial charge in [0.05, 0.1) is 34.2 Å². The number of Topliss-reactive ketones (excluding diaryl/α,β-unsaturated/α-hetero) is 1. The van der Waals surface area contributed by atoms with E-state index in [0.29, 0.717) is 6.07 Å². The molecule has 2 saturated heterocycles. The van der Waals surface area contributed by atoms with Gasteiger partial charge in [-0.25, -0.2) is 4.90 Å². The molecule has 2 aromatic carbocycles. The molecule has 0 aromatic heterocycles. The molecular formula is C26H22ClF3N2O3. The van der Waals surface area contributed by atoms with E-state index in [9.17, 15) is 27.6 Å². The highest BCUT2D eigenvalue weighted by Gasteiger charge is 2.65. The number of alkyl halides is 3. The van der Waals surface area contributed by atoms with E-state index in [2.05, 4.69) is 0 Å². The molecule has 2 aromatic rings. The fraction of sp³-hybridized carbons (Fsp3) is 0.346. The third-order valence-corrected chi connectivity index (χ3v) is 7.31. The SMILES string of the molecule is CC(C)(C)C(=O)[C@@H]1[C@@H]2C(=O)N(c3ccc(Cl)c(C(F)(F)F)c3)C(=O)[C@@H]2C2c3ccccc3C=CN21. The third kappa shape index (κ3) is 3.49. The molecule has 3 heterocycles. The number of carbonyl (C=O) groups excluding carboxylic acids is 3. The van der Waals surface area contributed by atoms with Gasteiger partial charge in [-0.05, 0) is 35.4 Å². The molecule has 4 atom stereocenters. The van der Waals surface area contributed by atoms with Gasteiger partial charge in [-0.15, -0.1) is 0 Å². The summed E-state index contributed by atoms with van der Waals surface area (Å²) >= 11 is 5.75. The number of amides is 2. The zero-order valence-corrected chi connectivity index (χ0v) is 19.9. The lowest BCUT2D eigenvalue weighted by atomic mass is 9.79. The van der Waals surface area contributed by atoms with Gasteiger partial charge in [0.15, 0.2) is 5.78 Å². The molecule has 35 heavy (non-hydrogen) atoms. The normalized spacial score (nSPS) is 25.6. The second-order valence-electron chi connectivity index (χ2n) is 10.1. The van der Waals surface area contributed by atoms with Crippen molar-refractivity contribution >= 4 is 41.0 Å². The molecule has 0 radical (unpaired) electrons. The molecule has 0 spiro atoms. The summed E-state index contributed by atoms with van der Waals surface area (Å²) in [4.78, 5) is 43.6. The summed E-state index contributed by atoms with van der Waals surface area (Å²) in [5.41, 5.74) is -0.497. The van der Waals surface area contributed by atoms with Crippen LogP contribution in [0, 0.1) is 17.3 Å². The molecule has 3 aliphatic heterocycles. The van der Waals surface area contributed by atoms with Gasteiger partial charge in [-0.2, -0.15) is 13.2 Å². The van der Waals surface area contributed by atoms with Crippen LogP contribution in [0.3, 0.4) is 0 Å². The minimum Gasteiger partial charge on any atom is -0.359 e. The highest BCUT2D eigenvalue weighted by atomic mass is 35.5. The second kappa shape index (κ2) is 7.68. The molecule has 0 aliphatic carbocycles. The Balaban J connectivity index is 1.66. The van der Waals surface area contributed by atoms with Crippen LogP contribution in [-0.4, -0.2) is 28.5 Å². The van der Waals surface area contributed by atoms with Gasteiger partial charge >= 0.3 is 6.18 Å². The number of hydrogen-bond acceptors (Lipinski definition) is 4. The molecule has 0 N–H and O–H groups in total.